The van der Waals surface area contributed by atoms with Gasteiger partial charge in [-0.25, -0.2) is 0 Å². The molecule has 0 aromatic heterocycles. The molecule has 0 aliphatic carbocycles. The molecule has 92 valence electrons. The van der Waals surface area contributed by atoms with Gasteiger partial charge >= 0.3 is 7.60 Å². The average molecular weight is 246 g/mol. The zero-order chi connectivity index (χ0) is 12.2. The molecule has 4 nitrogen and oxygen atoms in total. The zero-order valence-corrected chi connectivity index (χ0v) is 10.7. The summed E-state index contributed by atoms with van der Waals surface area (Å²) in [5.74, 6) is 0.222. The van der Waals surface area contributed by atoms with Crippen LogP contribution in [0.15, 0.2) is 12.7 Å². The summed E-state index contributed by atoms with van der Waals surface area (Å²) >= 11 is 0. The Kier molecular flexibility index (Phi) is 4.90. The smallest absolute Gasteiger partial charge is 0.303 e. The van der Waals surface area contributed by atoms with Crippen LogP contribution in [-0.2, 0) is 18.4 Å². The van der Waals surface area contributed by atoms with Gasteiger partial charge in [0.05, 0.1) is 12.7 Å². The number of hydrogen-bond donors (Lipinski definition) is 0. The van der Waals surface area contributed by atoms with E-state index in [0.29, 0.717) is 6.61 Å². The summed E-state index contributed by atoms with van der Waals surface area (Å²) < 4.78 is 22.5. The molecule has 0 amide bonds. The van der Waals surface area contributed by atoms with Crippen LogP contribution in [0.2, 0.25) is 0 Å². The van der Waals surface area contributed by atoms with Gasteiger partial charge in [0.2, 0.25) is 0 Å². The molecule has 1 rings (SSSR count). The summed E-state index contributed by atoms with van der Waals surface area (Å²) in [4.78, 5) is 11.4. The maximum Gasteiger partial charge on any atom is 0.401 e. The molecule has 5 heteroatoms. The van der Waals surface area contributed by atoms with Crippen LogP contribution in [0.5, 0.6) is 0 Å². The van der Waals surface area contributed by atoms with Crippen molar-refractivity contribution in [3.63, 3.8) is 0 Å². The van der Waals surface area contributed by atoms with Crippen LogP contribution < -0.4 is 0 Å². The highest BCUT2D eigenvalue weighted by Crippen LogP contribution is 2.55. The Bertz CT molecular complexity index is 313. The van der Waals surface area contributed by atoms with E-state index in [1.807, 2.05) is 13.8 Å². The number of hydrogen-bond acceptors (Lipinski definition) is 4. The maximum absolute atomic E-state index is 12.0. The molecule has 1 heterocycles. The molecular formula is C11H19O4P. The van der Waals surface area contributed by atoms with Crippen LogP contribution in [0.25, 0.3) is 0 Å². The molecular weight excluding hydrogens is 227 g/mol. The quantitative estimate of drug-likeness (QED) is 0.552. The summed E-state index contributed by atoms with van der Waals surface area (Å²) in [7, 11) is -3.60. The highest BCUT2D eigenvalue weighted by Gasteiger charge is 2.42. The molecule has 1 saturated heterocycles. The molecule has 0 spiro atoms. The Balaban J connectivity index is 2.78. The van der Waals surface area contributed by atoms with Crippen LogP contribution in [0, 0.1) is 5.92 Å². The van der Waals surface area contributed by atoms with Crippen molar-refractivity contribution in [1.29, 1.82) is 0 Å². The Morgan fingerprint density at radius 1 is 1.56 bits per heavy atom. The lowest BCUT2D eigenvalue weighted by Gasteiger charge is -2.34. The van der Waals surface area contributed by atoms with Gasteiger partial charge in [-0.05, 0) is 18.9 Å². The topological polar surface area (TPSA) is 52.6 Å². The van der Waals surface area contributed by atoms with Crippen molar-refractivity contribution in [3.8, 4) is 0 Å². The molecule has 0 aromatic rings. The van der Waals surface area contributed by atoms with Crippen molar-refractivity contribution in [2.24, 2.45) is 5.92 Å². The first-order chi connectivity index (χ1) is 7.57. The zero-order valence-electron chi connectivity index (χ0n) is 9.85. The van der Waals surface area contributed by atoms with Gasteiger partial charge < -0.3 is 4.52 Å². The minimum absolute atomic E-state index is 0.140. The largest absolute Gasteiger partial charge is 0.401 e. The van der Waals surface area contributed by atoms with Gasteiger partial charge in [0.15, 0.2) is 0 Å². The average Bonchev–Trinajstić information content (AvgIpc) is 2.29. The van der Waals surface area contributed by atoms with Crippen molar-refractivity contribution in [3.05, 3.63) is 12.7 Å². The summed E-state index contributed by atoms with van der Waals surface area (Å²) in [5, 5.41) is 0. The van der Waals surface area contributed by atoms with Crippen molar-refractivity contribution >= 4 is 13.1 Å². The standard InChI is InChI=1S/C11H19O4P/c1-4-7-10-9(5-2)8-14-16(13,15-10)11(12)6-3/h6,9-10H,3-5,7-8H2,1-2H3. The summed E-state index contributed by atoms with van der Waals surface area (Å²) in [6.45, 7) is 7.71. The van der Waals surface area contributed by atoms with Crippen LogP contribution in [0.3, 0.4) is 0 Å². The van der Waals surface area contributed by atoms with Crippen molar-refractivity contribution in [2.45, 2.75) is 39.2 Å². The van der Waals surface area contributed by atoms with E-state index < -0.39 is 13.1 Å². The molecule has 0 bridgehead atoms. The molecule has 3 unspecified atom stereocenters. The number of rotatable bonds is 5. The molecule has 1 fully saturated rings. The van der Waals surface area contributed by atoms with E-state index >= 15 is 0 Å². The van der Waals surface area contributed by atoms with Crippen LogP contribution in [0.1, 0.15) is 33.1 Å². The SMILES string of the molecule is C=CC(=O)P1(=O)OCC(CC)C(CCC)O1. The minimum atomic E-state index is -3.60. The van der Waals surface area contributed by atoms with Gasteiger partial charge in [-0.2, -0.15) is 0 Å². The van der Waals surface area contributed by atoms with Crippen molar-refractivity contribution in [1.82, 2.24) is 0 Å². The van der Waals surface area contributed by atoms with E-state index in [1.165, 1.54) is 0 Å². The molecule has 16 heavy (non-hydrogen) atoms. The van der Waals surface area contributed by atoms with E-state index in [1.54, 1.807) is 0 Å². The molecule has 0 radical (unpaired) electrons. The van der Waals surface area contributed by atoms with E-state index in [2.05, 4.69) is 6.58 Å². The Hall–Kier alpha value is -0.440. The van der Waals surface area contributed by atoms with Crippen LogP contribution >= 0.6 is 7.60 Å². The van der Waals surface area contributed by atoms with E-state index in [0.717, 1.165) is 25.3 Å². The monoisotopic (exact) mass is 246 g/mol. The highest BCUT2D eigenvalue weighted by molar-refractivity contribution is 7.72. The van der Waals surface area contributed by atoms with Gasteiger partial charge in [0.1, 0.15) is 0 Å². The van der Waals surface area contributed by atoms with Gasteiger partial charge in [-0.15, -0.1) is 0 Å². The lowest BCUT2D eigenvalue weighted by Crippen LogP contribution is -2.32. The normalized spacial score (nSPS) is 34.6. The summed E-state index contributed by atoms with van der Waals surface area (Å²) in [6.07, 6.45) is 3.50. The number of carbonyl (C=O) groups is 1. The minimum Gasteiger partial charge on any atom is -0.303 e. The van der Waals surface area contributed by atoms with Gasteiger partial charge in [0.25, 0.3) is 5.52 Å². The first-order valence-electron chi connectivity index (χ1n) is 5.67. The fourth-order valence-electron chi connectivity index (χ4n) is 1.78. The second-order valence-electron chi connectivity index (χ2n) is 3.94. The molecule has 0 saturated carbocycles. The Morgan fingerprint density at radius 2 is 2.25 bits per heavy atom. The second-order valence-corrected chi connectivity index (χ2v) is 5.84. The molecule has 0 N–H and O–H groups in total. The molecule has 1 aliphatic rings. The van der Waals surface area contributed by atoms with Gasteiger partial charge in [-0.3, -0.25) is 13.9 Å². The Morgan fingerprint density at radius 3 is 2.75 bits per heavy atom. The molecule has 0 aromatic carbocycles. The first kappa shape index (κ1) is 13.6. The second kappa shape index (κ2) is 5.76. The maximum atomic E-state index is 12.0. The van der Waals surface area contributed by atoms with E-state index in [-0.39, 0.29) is 12.0 Å². The van der Waals surface area contributed by atoms with Crippen molar-refractivity contribution in [2.75, 3.05) is 6.61 Å². The van der Waals surface area contributed by atoms with Gasteiger partial charge in [0, 0.05) is 5.92 Å². The van der Waals surface area contributed by atoms with Crippen LogP contribution in [-0.4, -0.2) is 18.2 Å². The number of allylic oxidation sites excluding steroid dienone is 1. The predicted octanol–water partition coefficient (Wildman–Crippen LogP) is 3.13. The lowest BCUT2D eigenvalue weighted by molar-refractivity contribution is -0.111. The third kappa shape index (κ3) is 2.82. The predicted molar refractivity (Wildman–Crippen MR) is 62.3 cm³/mol. The van der Waals surface area contributed by atoms with E-state index in [4.69, 9.17) is 9.05 Å². The first-order valence-corrected chi connectivity index (χ1v) is 7.21. The molecule has 1 aliphatic heterocycles. The molecule has 3 atom stereocenters. The summed E-state index contributed by atoms with van der Waals surface area (Å²) in [5.41, 5.74) is -0.636. The van der Waals surface area contributed by atoms with Crippen LogP contribution in [0.4, 0.5) is 0 Å². The fourth-order valence-corrected chi connectivity index (χ4v) is 3.31. The lowest BCUT2D eigenvalue weighted by atomic mass is 9.97. The third-order valence-electron chi connectivity index (χ3n) is 2.80. The Labute approximate surface area is 96.5 Å². The third-order valence-corrected chi connectivity index (χ3v) is 4.56. The summed E-state index contributed by atoms with van der Waals surface area (Å²) in [6, 6.07) is 0. The fraction of sp³-hybridized carbons (Fsp3) is 0.727. The van der Waals surface area contributed by atoms with E-state index in [9.17, 15) is 9.36 Å². The number of carbonyl (C=O) groups excluding carboxylic acids is 1. The van der Waals surface area contributed by atoms with Gasteiger partial charge in [-0.1, -0.05) is 26.8 Å². The van der Waals surface area contributed by atoms with Crippen molar-refractivity contribution < 1.29 is 18.4 Å². The highest BCUT2D eigenvalue weighted by atomic mass is 31.2.